The van der Waals surface area contributed by atoms with Gasteiger partial charge in [-0.1, -0.05) is 26.0 Å². The molecule has 2 rings (SSSR count). The van der Waals surface area contributed by atoms with Gasteiger partial charge in [-0.2, -0.15) is 13.1 Å². The van der Waals surface area contributed by atoms with Crippen LogP contribution in [0.5, 0.6) is 5.75 Å². The Kier molecular flexibility index (Phi) is 4.91. The van der Waals surface area contributed by atoms with Crippen LogP contribution in [0.15, 0.2) is 30.9 Å². The van der Waals surface area contributed by atoms with Gasteiger partial charge in [0.25, 0.3) is 0 Å². The van der Waals surface area contributed by atoms with Gasteiger partial charge in [0.05, 0.1) is 19.3 Å². The summed E-state index contributed by atoms with van der Waals surface area (Å²) in [4.78, 5) is 0. The lowest BCUT2D eigenvalue weighted by Gasteiger charge is -2.20. The molecule has 7 heteroatoms. The zero-order valence-electron chi connectivity index (χ0n) is 12.7. The molecule has 6 nitrogen and oxygen atoms in total. The highest BCUT2D eigenvalue weighted by Crippen LogP contribution is 2.39. The summed E-state index contributed by atoms with van der Waals surface area (Å²) in [6.07, 6.45) is 1.06. The summed E-state index contributed by atoms with van der Waals surface area (Å²) >= 11 is 0. The van der Waals surface area contributed by atoms with Gasteiger partial charge in [-0.25, -0.2) is 0 Å². The van der Waals surface area contributed by atoms with Crippen LogP contribution in [0.1, 0.15) is 31.1 Å². The lowest BCUT2D eigenvalue weighted by Crippen LogP contribution is -2.29. The Hall–Kier alpha value is -1.41. The fourth-order valence-corrected chi connectivity index (χ4v) is 2.74. The second-order valence-electron chi connectivity index (χ2n) is 5.86. The quantitative estimate of drug-likeness (QED) is 0.591. The van der Waals surface area contributed by atoms with Crippen LogP contribution in [0, 0.1) is 0 Å². The minimum absolute atomic E-state index is 0.0628. The van der Waals surface area contributed by atoms with Crippen molar-refractivity contribution in [3.63, 3.8) is 0 Å². The van der Waals surface area contributed by atoms with E-state index in [0.717, 1.165) is 16.9 Å². The Bertz CT molecular complexity index is 654. The molecule has 1 atom stereocenters. The molecule has 22 heavy (non-hydrogen) atoms. The lowest BCUT2D eigenvalue weighted by molar-refractivity contribution is 0.0774. The largest absolute Gasteiger partial charge is 0.492 e. The first-order valence-electron chi connectivity index (χ1n) is 6.95. The number of hydrogen-bond acceptors (Lipinski definition) is 4. The van der Waals surface area contributed by atoms with Crippen molar-refractivity contribution >= 4 is 10.3 Å². The van der Waals surface area contributed by atoms with Gasteiger partial charge >= 0.3 is 10.3 Å². The maximum Gasteiger partial charge on any atom is 0.333 e. The minimum Gasteiger partial charge on any atom is -0.492 e. The van der Waals surface area contributed by atoms with Gasteiger partial charge < -0.3 is 9.47 Å². The number of hydrogen-bond donors (Lipinski definition) is 2. The van der Waals surface area contributed by atoms with Crippen molar-refractivity contribution in [3.8, 4) is 5.75 Å². The van der Waals surface area contributed by atoms with Gasteiger partial charge in [0.1, 0.15) is 5.75 Å². The predicted octanol–water partition coefficient (Wildman–Crippen LogP) is 1.99. The van der Waals surface area contributed by atoms with Crippen molar-refractivity contribution in [1.29, 1.82) is 0 Å². The van der Waals surface area contributed by atoms with Crippen molar-refractivity contribution in [2.24, 2.45) is 0 Å². The molecule has 1 heterocycles. The summed E-state index contributed by atoms with van der Waals surface area (Å²) in [7, 11) is -4.27. The molecule has 0 fully saturated rings. The maximum absolute atomic E-state index is 10.9. The minimum atomic E-state index is -4.27. The average Bonchev–Trinajstić information content (AvgIpc) is 2.73. The highest BCUT2D eigenvalue weighted by molar-refractivity contribution is 7.83. The summed E-state index contributed by atoms with van der Waals surface area (Å²) < 4.78 is 43.9. The predicted molar refractivity (Wildman–Crippen MR) is 83.4 cm³/mol. The van der Waals surface area contributed by atoms with E-state index in [4.69, 9.17) is 14.0 Å². The third kappa shape index (κ3) is 4.07. The standard InChI is InChI=1S/C15H21NO5S/c1-4-7-20-14(9-16-22(17,18)19)11-5-6-13-12(8-11)15(2,3)10-21-13/h4-6,8,14,16H,1,7,9-10H2,2-3H3,(H,17,18,19). The van der Waals surface area contributed by atoms with Crippen LogP contribution in [0.4, 0.5) is 0 Å². The monoisotopic (exact) mass is 327 g/mol. The first-order valence-corrected chi connectivity index (χ1v) is 8.39. The number of ether oxygens (including phenoxy) is 2. The van der Waals surface area contributed by atoms with Gasteiger partial charge in [0.15, 0.2) is 0 Å². The van der Waals surface area contributed by atoms with E-state index in [9.17, 15) is 8.42 Å². The molecular weight excluding hydrogens is 306 g/mol. The van der Waals surface area contributed by atoms with Crippen molar-refractivity contribution < 1.29 is 22.4 Å². The number of rotatable bonds is 7. The fourth-order valence-electron chi connectivity index (χ4n) is 2.38. The van der Waals surface area contributed by atoms with Gasteiger partial charge in [-0.3, -0.25) is 4.55 Å². The lowest BCUT2D eigenvalue weighted by atomic mass is 9.85. The van der Waals surface area contributed by atoms with Crippen LogP contribution in [0.25, 0.3) is 0 Å². The molecular formula is C15H21NO5S. The smallest absolute Gasteiger partial charge is 0.333 e. The molecule has 0 saturated heterocycles. The third-order valence-corrected chi connectivity index (χ3v) is 4.09. The summed E-state index contributed by atoms with van der Waals surface area (Å²) in [6.45, 7) is 8.56. The van der Waals surface area contributed by atoms with E-state index in [-0.39, 0.29) is 18.6 Å². The molecule has 0 spiro atoms. The molecule has 0 aliphatic carbocycles. The van der Waals surface area contributed by atoms with Crippen LogP contribution in [-0.2, 0) is 20.5 Å². The SMILES string of the molecule is C=CCOC(CNS(=O)(=O)O)c1ccc2c(c1)C(C)(C)CO2. The molecule has 0 bridgehead atoms. The van der Waals surface area contributed by atoms with Crippen molar-refractivity contribution in [2.45, 2.75) is 25.4 Å². The molecule has 1 aliphatic rings. The zero-order chi connectivity index (χ0) is 16.4. The molecule has 1 aromatic carbocycles. The molecule has 122 valence electrons. The molecule has 2 N–H and O–H groups in total. The Morgan fingerprint density at radius 3 is 2.91 bits per heavy atom. The summed E-state index contributed by atoms with van der Waals surface area (Å²) in [5.41, 5.74) is 1.77. The highest BCUT2D eigenvalue weighted by Gasteiger charge is 2.32. The van der Waals surface area contributed by atoms with Crippen molar-refractivity contribution in [2.75, 3.05) is 19.8 Å². The Labute approximate surface area is 131 Å². The van der Waals surface area contributed by atoms with E-state index in [2.05, 4.69) is 25.1 Å². The molecule has 1 unspecified atom stereocenters. The second kappa shape index (κ2) is 6.37. The van der Waals surface area contributed by atoms with Crippen LogP contribution in [0.3, 0.4) is 0 Å². The normalized spacial score (nSPS) is 17.6. The van der Waals surface area contributed by atoms with E-state index in [0.29, 0.717) is 6.61 Å². The van der Waals surface area contributed by atoms with E-state index in [1.54, 1.807) is 6.08 Å². The third-order valence-electron chi connectivity index (χ3n) is 3.56. The molecule has 1 aromatic rings. The Balaban J connectivity index is 2.25. The first-order chi connectivity index (χ1) is 10.2. The van der Waals surface area contributed by atoms with Crippen LogP contribution >= 0.6 is 0 Å². The fraction of sp³-hybridized carbons (Fsp3) is 0.467. The van der Waals surface area contributed by atoms with Gasteiger partial charge in [0.2, 0.25) is 0 Å². The Morgan fingerprint density at radius 1 is 1.55 bits per heavy atom. The highest BCUT2D eigenvalue weighted by atomic mass is 32.2. The van der Waals surface area contributed by atoms with E-state index in [1.165, 1.54) is 0 Å². The number of benzene rings is 1. The van der Waals surface area contributed by atoms with Gasteiger partial charge in [0, 0.05) is 17.5 Å². The van der Waals surface area contributed by atoms with Crippen LogP contribution in [0.2, 0.25) is 0 Å². The molecule has 0 aromatic heterocycles. The summed E-state index contributed by atoms with van der Waals surface area (Å²) in [6, 6.07) is 5.65. The zero-order valence-corrected chi connectivity index (χ0v) is 13.5. The first kappa shape index (κ1) is 17.0. The molecule has 0 radical (unpaired) electrons. The molecule has 0 amide bonds. The number of nitrogens with one attached hydrogen (secondary N) is 1. The van der Waals surface area contributed by atoms with E-state index < -0.39 is 16.4 Å². The average molecular weight is 327 g/mol. The second-order valence-corrected chi connectivity index (χ2v) is 7.10. The van der Waals surface area contributed by atoms with E-state index in [1.807, 2.05) is 18.2 Å². The topological polar surface area (TPSA) is 84.9 Å². The van der Waals surface area contributed by atoms with Crippen molar-refractivity contribution in [1.82, 2.24) is 4.72 Å². The summed E-state index contributed by atoms with van der Waals surface area (Å²) in [5.74, 6) is 0.832. The van der Waals surface area contributed by atoms with E-state index >= 15 is 0 Å². The molecule has 1 aliphatic heterocycles. The van der Waals surface area contributed by atoms with Gasteiger partial charge in [-0.15, -0.1) is 6.58 Å². The van der Waals surface area contributed by atoms with Gasteiger partial charge in [-0.05, 0) is 17.7 Å². The molecule has 0 saturated carbocycles. The summed E-state index contributed by atoms with van der Waals surface area (Å²) in [5, 5.41) is 0. The Morgan fingerprint density at radius 2 is 2.27 bits per heavy atom. The van der Waals surface area contributed by atoms with Crippen LogP contribution < -0.4 is 9.46 Å². The number of fused-ring (bicyclic) bond motifs is 1. The van der Waals surface area contributed by atoms with Crippen LogP contribution in [-0.4, -0.2) is 32.7 Å². The maximum atomic E-state index is 10.9. The van der Waals surface area contributed by atoms with Crippen molar-refractivity contribution in [3.05, 3.63) is 42.0 Å².